The highest BCUT2D eigenvalue weighted by Crippen LogP contribution is 2.20. The third kappa shape index (κ3) is 6.51. The van der Waals surface area contributed by atoms with Gasteiger partial charge in [0, 0.05) is 12.0 Å². The lowest BCUT2D eigenvalue weighted by atomic mass is 10.0. The van der Waals surface area contributed by atoms with Crippen molar-refractivity contribution >= 4 is 5.91 Å². The minimum atomic E-state index is -4.35. The lowest BCUT2D eigenvalue weighted by Crippen LogP contribution is -2.45. The Hall–Kier alpha value is -0.780. The topological polar surface area (TPSA) is 46.3 Å². The second-order valence-electron chi connectivity index (χ2n) is 4.51. The summed E-state index contributed by atoms with van der Waals surface area (Å²) in [4.78, 5) is 12.7. The van der Waals surface area contributed by atoms with Crippen LogP contribution in [0.1, 0.15) is 33.6 Å². The van der Waals surface area contributed by atoms with Crippen molar-refractivity contribution < 1.29 is 18.0 Å². The summed E-state index contributed by atoms with van der Waals surface area (Å²) >= 11 is 0. The molecule has 0 aromatic carbocycles. The van der Waals surface area contributed by atoms with E-state index in [1.165, 1.54) is 0 Å². The second kappa shape index (κ2) is 6.83. The van der Waals surface area contributed by atoms with Gasteiger partial charge in [-0.25, -0.2) is 0 Å². The molecule has 0 bridgehead atoms. The fraction of sp³-hybridized carbons (Fsp3) is 0.909. The molecule has 0 fully saturated rings. The molecule has 102 valence electrons. The Morgan fingerprint density at radius 3 is 2.18 bits per heavy atom. The van der Waals surface area contributed by atoms with Crippen molar-refractivity contribution in [2.24, 2.45) is 11.7 Å². The highest BCUT2D eigenvalue weighted by atomic mass is 19.4. The molecule has 0 radical (unpaired) electrons. The van der Waals surface area contributed by atoms with Crippen LogP contribution in [0.25, 0.3) is 0 Å². The maximum absolute atomic E-state index is 12.3. The zero-order chi connectivity index (χ0) is 13.6. The normalized spacial score (nSPS) is 13.9. The Bertz CT molecular complexity index is 241. The van der Waals surface area contributed by atoms with E-state index in [1.54, 1.807) is 20.8 Å². The van der Waals surface area contributed by atoms with Gasteiger partial charge in [-0.3, -0.25) is 4.79 Å². The smallest absolute Gasteiger partial charge is 0.331 e. The van der Waals surface area contributed by atoms with Crippen LogP contribution in [0, 0.1) is 5.92 Å². The fourth-order valence-corrected chi connectivity index (χ4v) is 1.54. The predicted molar refractivity (Wildman–Crippen MR) is 60.4 cm³/mol. The average molecular weight is 254 g/mol. The highest BCUT2D eigenvalue weighted by Gasteiger charge is 2.35. The molecule has 0 aliphatic carbocycles. The van der Waals surface area contributed by atoms with Crippen LogP contribution >= 0.6 is 0 Å². The second-order valence-corrected chi connectivity index (χ2v) is 4.51. The molecule has 3 nitrogen and oxygen atoms in total. The van der Waals surface area contributed by atoms with Gasteiger partial charge in [0.2, 0.25) is 5.91 Å². The zero-order valence-corrected chi connectivity index (χ0v) is 10.5. The van der Waals surface area contributed by atoms with Gasteiger partial charge in [0.1, 0.15) is 6.54 Å². The number of halogens is 3. The first-order valence-corrected chi connectivity index (χ1v) is 5.76. The van der Waals surface area contributed by atoms with Crippen molar-refractivity contribution in [3.63, 3.8) is 0 Å². The van der Waals surface area contributed by atoms with Crippen LogP contribution in [0.5, 0.6) is 0 Å². The van der Waals surface area contributed by atoms with E-state index < -0.39 is 30.6 Å². The summed E-state index contributed by atoms with van der Waals surface area (Å²) in [6, 6.07) is -0.454. The van der Waals surface area contributed by atoms with E-state index >= 15 is 0 Å². The van der Waals surface area contributed by atoms with Crippen LogP contribution in [-0.4, -0.2) is 36.1 Å². The van der Waals surface area contributed by atoms with Crippen molar-refractivity contribution in [3.05, 3.63) is 0 Å². The van der Waals surface area contributed by atoms with E-state index in [2.05, 4.69) is 0 Å². The van der Waals surface area contributed by atoms with Gasteiger partial charge in [0.15, 0.2) is 0 Å². The molecule has 0 aromatic rings. The molecule has 0 aliphatic rings. The largest absolute Gasteiger partial charge is 0.406 e. The molecule has 0 rings (SSSR count). The van der Waals surface area contributed by atoms with Gasteiger partial charge in [0.25, 0.3) is 0 Å². The van der Waals surface area contributed by atoms with Gasteiger partial charge in [-0.1, -0.05) is 6.92 Å². The molecular formula is C11H21F3N2O. The number of hydrogen-bond donors (Lipinski definition) is 1. The molecule has 0 aromatic heterocycles. The molecule has 1 amide bonds. The van der Waals surface area contributed by atoms with Crippen molar-refractivity contribution in [2.45, 2.75) is 45.8 Å². The van der Waals surface area contributed by atoms with Crippen LogP contribution in [0.15, 0.2) is 0 Å². The summed E-state index contributed by atoms with van der Waals surface area (Å²) in [5, 5.41) is 0. The number of hydrogen-bond acceptors (Lipinski definition) is 2. The Kier molecular flexibility index (Phi) is 6.52. The Morgan fingerprint density at radius 1 is 1.29 bits per heavy atom. The Morgan fingerprint density at radius 2 is 1.82 bits per heavy atom. The minimum Gasteiger partial charge on any atom is -0.331 e. The summed E-state index contributed by atoms with van der Waals surface area (Å²) in [7, 11) is 0. The van der Waals surface area contributed by atoms with E-state index in [-0.39, 0.29) is 0 Å². The number of nitrogens with two attached hydrogens (primary N) is 1. The van der Waals surface area contributed by atoms with Crippen LogP contribution in [0.3, 0.4) is 0 Å². The number of amides is 1. The summed E-state index contributed by atoms with van der Waals surface area (Å²) in [6.07, 6.45) is -3.19. The maximum atomic E-state index is 12.3. The molecule has 0 aliphatic heterocycles. The van der Waals surface area contributed by atoms with Crippen molar-refractivity contribution in [3.8, 4) is 0 Å². The summed E-state index contributed by atoms with van der Waals surface area (Å²) in [5.74, 6) is -0.867. The number of carbonyl (C=O) groups excluding carboxylic acids is 1. The number of carbonyl (C=O) groups is 1. The molecule has 2 N–H and O–H groups in total. The van der Waals surface area contributed by atoms with Gasteiger partial charge in [-0.15, -0.1) is 0 Å². The molecule has 0 spiro atoms. The standard InChI is InChI=1S/C11H21F3N2O/c1-8(2)16(7-11(12,13)14)10(17)9(3)5-4-6-15/h8-9H,4-7,15H2,1-3H3. The highest BCUT2D eigenvalue weighted by molar-refractivity contribution is 5.78. The summed E-state index contributed by atoms with van der Waals surface area (Å²) in [5.41, 5.74) is 5.31. The van der Waals surface area contributed by atoms with Gasteiger partial charge >= 0.3 is 6.18 Å². The summed E-state index contributed by atoms with van der Waals surface area (Å²) in [6.45, 7) is 4.07. The fourth-order valence-electron chi connectivity index (χ4n) is 1.54. The van der Waals surface area contributed by atoms with Gasteiger partial charge in [-0.05, 0) is 33.2 Å². The Balaban J connectivity index is 4.54. The van der Waals surface area contributed by atoms with Gasteiger partial charge < -0.3 is 10.6 Å². The zero-order valence-electron chi connectivity index (χ0n) is 10.5. The van der Waals surface area contributed by atoms with Crippen LogP contribution in [0.2, 0.25) is 0 Å². The van der Waals surface area contributed by atoms with E-state index in [4.69, 9.17) is 5.73 Å². The molecule has 17 heavy (non-hydrogen) atoms. The maximum Gasteiger partial charge on any atom is 0.406 e. The van der Waals surface area contributed by atoms with Crippen molar-refractivity contribution in [2.75, 3.05) is 13.1 Å². The number of rotatable bonds is 6. The molecule has 0 saturated carbocycles. The van der Waals surface area contributed by atoms with Crippen LogP contribution in [-0.2, 0) is 4.79 Å². The molecular weight excluding hydrogens is 233 g/mol. The van der Waals surface area contributed by atoms with Crippen LogP contribution < -0.4 is 5.73 Å². The van der Waals surface area contributed by atoms with Crippen LogP contribution in [0.4, 0.5) is 13.2 Å². The molecule has 1 unspecified atom stereocenters. The SMILES string of the molecule is CC(CCCN)C(=O)N(CC(F)(F)F)C(C)C. The lowest BCUT2D eigenvalue weighted by molar-refractivity contribution is -0.167. The van der Waals surface area contributed by atoms with Gasteiger partial charge in [-0.2, -0.15) is 13.2 Å². The quantitative estimate of drug-likeness (QED) is 0.789. The third-order valence-electron chi connectivity index (χ3n) is 2.52. The molecule has 0 saturated heterocycles. The number of nitrogens with zero attached hydrogens (tertiary/aromatic N) is 1. The van der Waals surface area contributed by atoms with Crippen molar-refractivity contribution in [1.29, 1.82) is 0 Å². The molecule has 1 atom stereocenters. The minimum absolute atomic E-state index is 0.414. The molecule has 6 heteroatoms. The number of alkyl halides is 3. The van der Waals surface area contributed by atoms with Crippen molar-refractivity contribution in [1.82, 2.24) is 4.90 Å². The van der Waals surface area contributed by atoms with E-state index in [0.29, 0.717) is 19.4 Å². The first-order valence-electron chi connectivity index (χ1n) is 5.76. The van der Waals surface area contributed by atoms with E-state index in [9.17, 15) is 18.0 Å². The predicted octanol–water partition coefficient (Wildman–Crippen LogP) is 2.16. The lowest BCUT2D eigenvalue weighted by Gasteiger charge is -2.30. The average Bonchev–Trinajstić information content (AvgIpc) is 2.19. The summed E-state index contributed by atoms with van der Waals surface area (Å²) < 4.78 is 37.0. The monoisotopic (exact) mass is 254 g/mol. The van der Waals surface area contributed by atoms with E-state index in [1.807, 2.05) is 0 Å². The van der Waals surface area contributed by atoms with E-state index in [0.717, 1.165) is 4.90 Å². The van der Waals surface area contributed by atoms with Gasteiger partial charge in [0.05, 0.1) is 0 Å². The first-order chi connectivity index (χ1) is 7.69. The third-order valence-corrected chi connectivity index (χ3v) is 2.52. The Labute approximate surface area is 100 Å². The first kappa shape index (κ1) is 16.2. The molecule has 0 heterocycles.